The first-order chi connectivity index (χ1) is 12.5. The molecule has 7 heteroatoms. The molecular formula is C19H20ClN3O3. The van der Waals surface area contributed by atoms with E-state index in [0.29, 0.717) is 35.1 Å². The normalized spacial score (nSPS) is 16.9. The Morgan fingerprint density at radius 3 is 2.85 bits per heavy atom. The summed E-state index contributed by atoms with van der Waals surface area (Å²) in [6, 6.07) is 8.31. The van der Waals surface area contributed by atoms with Crippen molar-refractivity contribution in [2.45, 2.75) is 26.3 Å². The van der Waals surface area contributed by atoms with Crippen molar-refractivity contribution in [3.8, 4) is 0 Å². The highest BCUT2D eigenvalue weighted by molar-refractivity contribution is 6.31. The lowest BCUT2D eigenvalue weighted by atomic mass is 10.1. The van der Waals surface area contributed by atoms with Gasteiger partial charge in [-0.3, -0.25) is 9.80 Å². The zero-order valence-corrected chi connectivity index (χ0v) is 15.7. The van der Waals surface area contributed by atoms with Crippen LogP contribution in [-0.4, -0.2) is 36.7 Å². The Bertz CT molecular complexity index is 856. The number of carbonyl (C=O) groups is 2. The fourth-order valence-electron chi connectivity index (χ4n) is 3.20. The van der Waals surface area contributed by atoms with E-state index in [-0.39, 0.29) is 12.1 Å². The molecule has 0 spiro atoms. The number of methoxy groups -OCH3 is 1. The number of hydrogen-bond acceptors (Lipinski definition) is 4. The number of carbonyl (C=O) groups excluding carboxylic acids is 2. The summed E-state index contributed by atoms with van der Waals surface area (Å²) in [7, 11) is 1.33. The molecule has 0 N–H and O–H groups in total. The standard InChI is InChI=1S/C19H20ClN3O3/c1-4-15-16(20)8-9-21-17(15)22-11-12(2)23(19(22)25)14-7-5-6-13(10-14)18(24)26-3/h5-10,12H,4,11H2,1-3H3. The van der Waals surface area contributed by atoms with Crippen LogP contribution in [0.4, 0.5) is 16.3 Å². The second kappa shape index (κ2) is 7.33. The molecule has 0 aliphatic carbocycles. The highest BCUT2D eigenvalue weighted by Crippen LogP contribution is 2.32. The van der Waals surface area contributed by atoms with Crippen molar-refractivity contribution < 1.29 is 14.3 Å². The number of aromatic nitrogens is 1. The van der Waals surface area contributed by atoms with Gasteiger partial charge in [-0.1, -0.05) is 24.6 Å². The smallest absolute Gasteiger partial charge is 0.337 e. The molecule has 1 aliphatic rings. The highest BCUT2D eigenvalue weighted by atomic mass is 35.5. The number of rotatable bonds is 4. The van der Waals surface area contributed by atoms with Crippen LogP contribution in [0.5, 0.6) is 0 Å². The van der Waals surface area contributed by atoms with Crippen molar-refractivity contribution in [2.24, 2.45) is 0 Å². The van der Waals surface area contributed by atoms with Crippen molar-refractivity contribution in [1.82, 2.24) is 4.98 Å². The minimum absolute atomic E-state index is 0.0825. The van der Waals surface area contributed by atoms with Crippen molar-refractivity contribution in [1.29, 1.82) is 0 Å². The molecule has 1 fully saturated rings. The van der Waals surface area contributed by atoms with Gasteiger partial charge in [-0.15, -0.1) is 0 Å². The molecule has 0 bridgehead atoms. The topological polar surface area (TPSA) is 62.7 Å². The number of amides is 2. The number of nitrogens with zero attached hydrogens (tertiary/aromatic N) is 3. The number of halogens is 1. The van der Waals surface area contributed by atoms with E-state index in [2.05, 4.69) is 4.98 Å². The maximum Gasteiger partial charge on any atom is 0.337 e. The molecule has 0 saturated carbocycles. The largest absolute Gasteiger partial charge is 0.465 e. The van der Waals surface area contributed by atoms with E-state index in [1.807, 2.05) is 13.8 Å². The van der Waals surface area contributed by atoms with Crippen LogP contribution in [0.25, 0.3) is 0 Å². The fourth-order valence-corrected chi connectivity index (χ4v) is 3.48. The Hall–Kier alpha value is -2.60. The molecular weight excluding hydrogens is 354 g/mol. The summed E-state index contributed by atoms with van der Waals surface area (Å²) < 4.78 is 4.76. The second-order valence-electron chi connectivity index (χ2n) is 6.10. The van der Waals surface area contributed by atoms with E-state index in [1.165, 1.54) is 7.11 Å². The molecule has 1 atom stereocenters. The summed E-state index contributed by atoms with van der Waals surface area (Å²) in [6.45, 7) is 4.43. The molecule has 136 valence electrons. The zero-order chi connectivity index (χ0) is 18.8. The van der Waals surface area contributed by atoms with E-state index in [4.69, 9.17) is 16.3 Å². The Labute approximate surface area is 157 Å². The van der Waals surface area contributed by atoms with Gasteiger partial charge in [-0.2, -0.15) is 0 Å². The molecule has 2 aromatic rings. The quantitative estimate of drug-likeness (QED) is 0.762. The second-order valence-corrected chi connectivity index (χ2v) is 6.51. The molecule has 1 saturated heterocycles. The van der Waals surface area contributed by atoms with Crippen LogP contribution in [-0.2, 0) is 11.2 Å². The van der Waals surface area contributed by atoms with Gasteiger partial charge in [-0.25, -0.2) is 14.6 Å². The van der Waals surface area contributed by atoms with E-state index in [1.54, 1.807) is 46.3 Å². The highest BCUT2D eigenvalue weighted by Gasteiger charge is 2.38. The maximum absolute atomic E-state index is 13.1. The summed E-state index contributed by atoms with van der Waals surface area (Å²) in [4.78, 5) is 32.6. The minimum atomic E-state index is -0.437. The van der Waals surface area contributed by atoms with Crippen LogP contribution in [0, 0.1) is 0 Å². The Morgan fingerprint density at radius 2 is 2.15 bits per heavy atom. The number of esters is 1. The summed E-state index contributed by atoms with van der Waals surface area (Å²) in [6.07, 6.45) is 2.29. The summed E-state index contributed by atoms with van der Waals surface area (Å²) in [5.41, 5.74) is 1.89. The van der Waals surface area contributed by atoms with Gasteiger partial charge in [-0.05, 0) is 37.6 Å². The summed E-state index contributed by atoms with van der Waals surface area (Å²) >= 11 is 6.27. The molecule has 6 nitrogen and oxygen atoms in total. The number of hydrogen-bond donors (Lipinski definition) is 0. The van der Waals surface area contributed by atoms with Gasteiger partial charge in [0.25, 0.3) is 0 Å². The van der Waals surface area contributed by atoms with Gasteiger partial charge in [0.1, 0.15) is 5.82 Å². The lowest BCUT2D eigenvalue weighted by molar-refractivity contribution is 0.0600. The number of urea groups is 1. The van der Waals surface area contributed by atoms with Gasteiger partial charge in [0.15, 0.2) is 0 Å². The Morgan fingerprint density at radius 1 is 1.38 bits per heavy atom. The van der Waals surface area contributed by atoms with Crippen LogP contribution in [0.3, 0.4) is 0 Å². The molecule has 2 heterocycles. The summed E-state index contributed by atoms with van der Waals surface area (Å²) in [5, 5.41) is 0.601. The van der Waals surface area contributed by atoms with Gasteiger partial charge in [0, 0.05) is 29.0 Å². The SMILES string of the molecule is CCc1c(Cl)ccnc1N1CC(C)N(c2cccc(C(=O)OC)c2)C1=O. The van der Waals surface area contributed by atoms with Gasteiger partial charge in [0.05, 0.1) is 18.7 Å². The number of benzene rings is 1. The first kappa shape index (κ1) is 18.2. The van der Waals surface area contributed by atoms with E-state index in [0.717, 1.165) is 5.56 Å². The van der Waals surface area contributed by atoms with Crippen molar-refractivity contribution in [3.05, 3.63) is 52.7 Å². The number of ether oxygens (including phenoxy) is 1. The van der Waals surface area contributed by atoms with E-state index in [9.17, 15) is 9.59 Å². The van der Waals surface area contributed by atoms with Crippen LogP contribution in [0.15, 0.2) is 36.5 Å². The third kappa shape index (κ3) is 3.12. The maximum atomic E-state index is 13.1. The number of pyridine rings is 1. The predicted octanol–water partition coefficient (Wildman–Crippen LogP) is 3.92. The number of anilines is 2. The molecule has 1 aromatic carbocycles. The Balaban J connectivity index is 1.97. The van der Waals surface area contributed by atoms with E-state index >= 15 is 0 Å². The molecule has 1 aliphatic heterocycles. The monoisotopic (exact) mass is 373 g/mol. The molecule has 26 heavy (non-hydrogen) atoms. The molecule has 1 aromatic heterocycles. The lowest BCUT2D eigenvalue weighted by Gasteiger charge is -2.22. The fraction of sp³-hybridized carbons (Fsp3) is 0.316. The first-order valence-electron chi connectivity index (χ1n) is 8.40. The molecule has 2 amide bonds. The van der Waals surface area contributed by atoms with Crippen LogP contribution in [0.2, 0.25) is 5.02 Å². The van der Waals surface area contributed by atoms with Gasteiger partial charge >= 0.3 is 12.0 Å². The van der Waals surface area contributed by atoms with Crippen molar-refractivity contribution >= 4 is 35.1 Å². The molecule has 1 unspecified atom stereocenters. The first-order valence-corrected chi connectivity index (χ1v) is 8.78. The molecule has 3 rings (SSSR count). The van der Waals surface area contributed by atoms with Crippen LogP contribution >= 0.6 is 11.6 Å². The Kier molecular flexibility index (Phi) is 5.13. The van der Waals surface area contributed by atoms with Crippen LogP contribution in [0.1, 0.15) is 29.8 Å². The zero-order valence-electron chi connectivity index (χ0n) is 14.9. The predicted molar refractivity (Wildman–Crippen MR) is 101 cm³/mol. The molecule has 0 radical (unpaired) electrons. The van der Waals surface area contributed by atoms with Gasteiger partial charge in [0.2, 0.25) is 0 Å². The van der Waals surface area contributed by atoms with E-state index < -0.39 is 5.97 Å². The van der Waals surface area contributed by atoms with Gasteiger partial charge < -0.3 is 4.74 Å². The average Bonchev–Trinajstić information content (AvgIpc) is 2.95. The third-order valence-electron chi connectivity index (χ3n) is 4.46. The third-order valence-corrected chi connectivity index (χ3v) is 4.81. The lowest BCUT2D eigenvalue weighted by Crippen LogP contribution is -2.34. The van der Waals surface area contributed by atoms with Crippen LogP contribution < -0.4 is 9.80 Å². The van der Waals surface area contributed by atoms with Crippen molar-refractivity contribution in [3.63, 3.8) is 0 Å². The summed E-state index contributed by atoms with van der Waals surface area (Å²) in [5.74, 6) is 0.149. The van der Waals surface area contributed by atoms with Crippen molar-refractivity contribution in [2.75, 3.05) is 23.5 Å². The average molecular weight is 374 g/mol. The minimum Gasteiger partial charge on any atom is -0.465 e.